The zero-order valence-corrected chi connectivity index (χ0v) is 18.4. The molecule has 7 nitrogen and oxygen atoms in total. The maximum atomic E-state index is 12.7. The molecule has 0 aliphatic carbocycles. The van der Waals surface area contributed by atoms with Gasteiger partial charge in [-0.15, -0.1) is 0 Å². The largest absolute Gasteiger partial charge is 0.493 e. The molecule has 2 aromatic carbocycles. The third-order valence-electron chi connectivity index (χ3n) is 5.06. The van der Waals surface area contributed by atoms with Gasteiger partial charge in [0.2, 0.25) is 5.91 Å². The zero-order chi connectivity index (χ0) is 22.2. The van der Waals surface area contributed by atoms with E-state index in [4.69, 9.17) is 9.47 Å². The first-order valence-electron chi connectivity index (χ1n) is 10.2. The molecule has 0 aliphatic heterocycles. The molecule has 0 fully saturated rings. The Labute approximate surface area is 182 Å². The van der Waals surface area contributed by atoms with Crippen LogP contribution in [0.1, 0.15) is 37.4 Å². The van der Waals surface area contributed by atoms with Crippen LogP contribution in [0.4, 0.5) is 0 Å². The van der Waals surface area contributed by atoms with E-state index in [1.807, 2.05) is 49.4 Å². The summed E-state index contributed by atoms with van der Waals surface area (Å²) < 4.78 is 12.8. The van der Waals surface area contributed by atoms with Gasteiger partial charge in [-0.1, -0.05) is 25.1 Å². The van der Waals surface area contributed by atoms with Crippen molar-refractivity contribution >= 4 is 12.0 Å². The number of carbonyl (C=O) groups excluding carboxylic acids is 1. The number of benzene rings is 2. The molecule has 0 spiro atoms. The summed E-state index contributed by atoms with van der Waals surface area (Å²) in [7, 11) is 3.40. The Morgan fingerprint density at radius 1 is 1.19 bits per heavy atom. The lowest BCUT2D eigenvalue weighted by atomic mass is 10.1. The summed E-state index contributed by atoms with van der Waals surface area (Å²) in [6.45, 7) is 4.68. The maximum Gasteiger partial charge on any atom is 0.246 e. The van der Waals surface area contributed by atoms with Gasteiger partial charge >= 0.3 is 0 Å². The second-order valence-corrected chi connectivity index (χ2v) is 7.15. The van der Waals surface area contributed by atoms with E-state index >= 15 is 0 Å². The van der Waals surface area contributed by atoms with Crippen LogP contribution in [-0.2, 0) is 4.79 Å². The average molecular weight is 421 g/mol. The normalized spacial score (nSPS) is 12.0. The van der Waals surface area contributed by atoms with Gasteiger partial charge in [0.25, 0.3) is 0 Å². The molecule has 1 aromatic heterocycles. The summed E-state index contributed by atoms with van der Waals surface area (Å²) in [6.07, 6.45) is 7.42. The van der Waals surface area contributed by atoms with Crippen molar-refractivity contribution in [1.29, 1.82) is 0 Å². The van der Waals surface area contributed by atoms with E-state index in [0.717, 1.165) is 23.2 Å². The highest BCUT2D eigenvalue weighted by molar-refractivity contribution is 5.92. The van der Waals surface area contributed by atoms with Crippen LogP contribution >= 0.6 is 0 Å². The van der Waals surface area contributed by atoms with Crippen LogP contribution in [0.15, 0.2) is 61.2 Å². The molecule has 0 aliphatic rings. The van der Waals surface area contributed by atoms with E-state index in [9.17, 15) is 4.79 Å². The van der Waals surface area contributed by atoms with Crippen molar-refractivity contribution < 1.29 is 14.3 Å². The molecular formula is C24H28N4O3. The quantitative estimate of drug-likeness (QED) is 0.483. The Hall–Kier alpha value is -3.61. The highest BCUT2D eigenvalue weighted by atomic mass is 16.5. The fraction of sp³-hybridized carbons (Fsp3) is 0.292. The van der Waals surface area contributed by atoms with Gasteiger partial charge in [-0.2, -0.15) is 5.10 Å². The second kappa shape index (κ2) is 10.4. The fourth-order valence-corrected chi connectivity index (χ4v) is 3.07. The molecule has 3 aromatic rings. The number of ether oxygens (including phenoxy) is 2. The third kappa shape index (κ3) is 5.51. The molecule has 0 unspecified atom stereocenters. The molecule has 1 heterocycles. The topological polar surface area (TPSA) is 69.5 Å². The first-order valence-corrected chi connectivity index (χ1v) is 10.2. The predicted octanol–water partition coefficient (Wildman–Crippen LogP) is 4.30. The Bertz CT molecular complexity index is 1010. The molecule has 0 saturated carbocycles. The molecule has 31 heavy (non-hydrogen) atoms. The van der Waals surface area contributed by atoms with E-state index in [1.54, 1.807) is 42.2 Å². The van der Waals surface area contributed by atoms with Gasteiger partial charge in [0.05, 0.1) is 25.4 Å². The molecule has 0 radical (unpaired) electrons. The minimum atomic E-state index is -0.0851. The number of aromatic nitrogens is 3. The number of carbonyl (C=O) groups is 1. The van der Waals surface area contributed by atoms with Gasteiger partial charge in [0.1, 0.15) is 12.7 Å². The van der Waals surface area contributed by atoms with Gasteiger partial charge < -0.3 is 14.4 Å². The molecule has 3 rings (SSSR count). The van der Waals surface area contributed by atoms with Gasteiger partial charge in [0, 0.05) is 13.1 Å². The number of likely N-dealkylation sites (N-methyl/N-ethyl adjacent to an activating group) is 1. The second-order valence-electron chi connectivity index (χ2n) is 7.15. The number of hydrogen-bond donors (Lipinski definition) is 0. The molecule has 1 atom stereocenters. The van der Waals surface area contributed by atoms with Crippen LogP contribution in [0, 0.1) is 0 Å². The lowest BCUT2D eigenvalue weighted by Gasteiger charge is -2.24. The molecule has 0 saturated heterocycles. The summed E-state index contributed by atoms with van der Waals surface area (Å²) in [4.78, 5) is 18.4. The van der Waals surface area contributed by atoms with Gasteiger partial charge in [-0.3, -0.25) is 4.79 Å². The highest BCUT2D eigenvalue weighted by Gasteiger charge is 2.15. The van der Waals surface area contributed by atoms with Crippen molar-refractivity contribution in [3.05, 3.63) is 72.3 Å². The minimum absolute atomic E-state index is 0.0821. The van der Waals surface area contributed by atoms with Crippen LogP contribution in [0.5, 0.6) is 11.5 Å². The molecule has 162 valence electrons. The van der Waals surface area contributed by atoms with Gasteiger partial charge in [-0.25, -0.2) is 9.67 Å². The third-order valence-corrected chi connectivity index (χ3v) is 5.06. The first-order chi connectivity index (χ1) is 15.0. The van der Waals surface area contributed by atoms with Crippen LogP contribution in [0.2, 0.25) is 0 Å². The van der Waals surface area contributed by atoms with Crippen LogP contribution in [0.25, 0.3) is 11.8 Å². The standard InChI is InChI=1S/C24H28N4O3/c1-5-14-31-22-12-6-19(15-23(22)30-4)7-13-24(29)27(3)18(2)20-8-10-21(11-9-20)28-17-25-16-26-28/h6-13,15-18H,5,14H2,1-4H3/b13-7+/t18-/m1/s1. The van der Waals surface area contributed by atoms with E-state index in [2.05, 4.69) is 17.0 Å². The summed E-state index contributed by atoms with van der Waals surface area (Å²) in [5.41, 5.74) is 2.82. The van der Waals surface area contributed by atoms with E-state index < -0.39 is 0 Å². The van der Waals surface area contributed by atoms with Crippen LogP contribution < -0.4 is 9.47 Å². The lowest BCUT2D eigenvalue weighted by Crippen LogP contribution is -2.27. The smallest absolute Gasteiger partial charge is 0.246 e. The molecule has 0 bridgehead atoms. The van der Waals surface area contributed by atoms with Crippen LogP contribution in [0.3, 0.4) is 0 Å². The monoisotopic (exact) mass is 420 g/mol. The number of hydrogen-bond acceptors (Lipinski definition) is 5. The van der Waals surface area contributed by atoms with Crippen molar-refractivity contribution in [1.82, 2.24) is 19.7 Å². The number of amides is 1. The van der Waals surface area contributed by atoms with E-state index in [1.165, 1.54) is 6.33 Å². The summed E-state index contributed by atoms with van der Waals surface area (Å²) in [5.74, 6) is 1.27. The van der Waals surface area contributed by atoms with Crippen LogP contribution in [-0.4, -0.2) is 46.3 Å². The first kappa shape index (κ1) is 22.1. The van der Waals surface area contributed by atoms with Gasteiger partial charge in [0.15, 0.2) is 11.5 Å². The Morgan fingerprint density at radius 3 is 2.61 bits per heavy atom. The molecule has 7 heteroatoms. The fourth-order valence-electron chi connectivity index (χ4n) is 3.07. The van der Waals surface area contributed by atoms with Gasteiger partial charge in [-0.05, 0) is 54.8 Å². The zero-order valence-electron chi connectivity index (χ0n) is 18.4. The highest BCUT2D eigenvalue weighted by Crippen LogP contribution is 2.29. The minimum Gasteiger partial charge on any atom is -0.493 e. The number of nitrogens with zero attached hydrogens (tertiary/aromatic N) is 4. The van der Waals surface area contributed by atoms with Crippen molar-refractivity contribution in [2.45, 2.75) is 26.3 Å². The SMILES string of the molecule is CCCOc1ccc(/C=C/C(=O)N(C)[C@H](C)c2ccc(-n3cncn3)cc2)cc1OC. The van der Waals surface area contributed by atoms with Crippen molar-refractivity contribution in [2.24, 2.45) is 0 Å². The lowest BCUT2D eigenvalue weighted by molar-refractivity contribution is -0.126. The predicted molar refractivity (Wildman–Crippen MR) is 120 cm³/mol. The number of methoxy groups -OCH3 is 1. The summed E-state index contributed by atoms with van der Waals surface area (Å²) >= 11 is 0. The molecule has 1 amide bonds. The Morgan fingerprint density at radius 2 is 1.97 bits per heavy atom. The average Bonchev–Trinajstić information content (AvgIpc) is 3.35. The summed E-state index contributed by atoms with van der Waals surface area (Å²) in [6, 6.07) is 13.5. The molecular weight excluding hydrogens is 392 g/mol. The summed E-state index contributed by atoms with van der Waals surface area (Å²) in [5, 5.41) is 4.12. The van der Waals surface area contributed by atoms with Crippen molar-refractivity contribution in [2.75, 3.05) is 20.8 Å². The van der Waals surface area contributed by atoms with Crippen molar-refractivity contribution in [3.8, 4) is 17.2 Å². The molecule has 0 N–H and O–H groups in total. The Kier molecular flexibility index (Phi) is 7.43. The van der Waals surface area contributed by atoms with E-state index in [-0.39, 0.29) is 11.9 Å². The maximum absolute atomic E-state index is 12.7. The van der Waals surface area contributed by atoms with E-state index in [0.29, 0.717) is 18.1 Å². The van der Waals surface area contributed by atoms with Crippen molar-refractivity contribution in [3.63, 3.8) is 0 Å². The number of rotatable bonds is 9. The Balaban J connectivity index is 1.66.